The molecule has 2 aromatic rings. The number of Topliss-reactive ketones (excluding diaryl/α,β-unsaturated/α-hetero) is 1. The molecule has 1 N–H and O–H groups in total. The smallest absolute Gasteiger partial charge is 0.231 e. The maximum atomic E-state index is 13.7. The summed E-state index contributed by atoms with van der Waals surface area (Å²) in [6.07, 6.45) is 3.33. The van der Waals surface area contributed by atoms with Gasteiger partial charge in [0.05, 0.1) is 17.4 Å². The van der Waals surface area contributed by atoms with Gasteiger partial charge < -0.3 is 14.8 Å². The molecule has 0 saturated carbocycles. The molecule has 0 bridgehead atoms. The summed E-state index contributed by atoms with van der Waals surface area (Å²) < 4.78 is 11.2. The third-order valence-corrected chi connectivity index (χ3v) is 6.63. The first-order valence-corrected chi connectivity index (χ1v) is 11.7. The van der Waals surface area contributed by atoms with Crippen molar-refractivity contribution < 1.29 is 19.1 Å². The second-order valence-electron chi connectivity index (χ2n) is 9.86. The van der Waals surface area contributed by atoms with Gasteiger partial charge in [-0.05, 0) is 48.1 Å². The second kappa shape index (κ2) is 8.25. The van der Waals surface area contributed by atoms with E-state index in [4.69, 9.17) is 9.47 Å². The van der Waals surface area contributed by atoms with Gasteiger partial charge in [-0.15, -0.1) is 0 Å². The summed E-state index contributed by atoms with van der Waals surface area (Å²) in [5.74, 6) is 1.42. The zero-order chi connectivity index (χ0) is 23.2. The fourth-order valence-corrected chi connectivity index (χ4v) is 5.11. The van der Waals surface area contributed by atoms with Crippen molar-refractivity contribution in [2.45, 2.75) is 58.9 Å². The number of ether oxygens (including phenoxy) is 2. The van der Waals surface area contributed by atoms with Crippen LogP contribution in [0, 0.1) is 5.41 Å². The summed E-state index contributed by atoms with van der Waals surface area (Å²) in [5.41, 5.74) is 3.91. The summed E-state index contributed by atoms with van der Waals surface area (Å²) in [5, 5.41) is 3.55. The van der Waals surface area contributed by atoms with Crippen LogP contribution in [-0.4, -0.2) is 18.5 Å². The minimum Gasteiger partial charge on any atom is -0.454 e. The van der Waals surface area contributed by atoms with E-state index in [1.807, 2.05) is 47.4 Å². The van der Waals surface area contributed by atoms with Gasteiger partial charge in [0.15, 0.2) is 17.3 Å². The highest BCUT2D eigenvalue weighted by Gasteiger charge is 2.43. The van der Waals surface area contributed by atoms with E-state index in [0.717, 1.165) is 41.9 Å². The number of fused-ring (bicyclic) bond motifs is 2. The molecular weight excluding hydrogens is 416 g/mol. The van der Waals surface area contributed by atoms with Gasteiger partial charge in [-0.2, -0.15) is 0 Å². The highest BCUT2D eigenvalue weighted by atomic mass is 16.7. The average Bonchev–Trinajstić information content (AvgIpc) is 3.18. The van der Waals surface area contributed by atoms with Crippen LogP contribution in [0.2, 0.25) is 0 Å². The Labute approximate surface area is 194 Å². The number of hydrogen-bond acceptors (Lipinski definition) is 5. The molecule has 0 spiro atoms. The van der Waals surface area contributed by atoms with Crippen molar-refractivity contribution in [1.82, 2.24) is 0 Å². The van der Waals surface area contributed by atoms with Crippen molar-refractivity contribution in [2.75, 3.05) is 17.0 Å². The first kappa shape index (κ1) is 21.6. The average molecular weight is 447 g/mol. The van der Waals surface area contributed by atoms with Gasteiger partial charge in [0.25, 0.3) is 0 Å². The van der Waals surface area contributed by atoms with E-state index in [1.165, 1.54) is 0 Å². The number of allylic oxidation sites excluding steroid dienone is 1. The van der Waals surface area contributed by atoms with Crippen LogP contribution in [0.5, 0.6) is 11.5 Å². The number of ketones is 1. The largest absolute Gasteiger partial charge is 0.454 e. The molecule has 0 saturated heterocycles. The third kappa shape index (κ3) is 3.88. The molecule has 172 valence electrons. The van der Waals surface area contributed by atoms with E-state index in [9.17, 15) is 9.59 Å². The lowest BCUT2D eigenvalue weighted by Crippen LogP contribution is -2.39. The Morgan fingerprint density at radius 2 is 1.91 bits per heavy atom. The Bertz CT molecular complexity index is 1150. The van der Waals surface area contributed by atoms with E-state index >= 15 is 0 Å². The lowest BCUT2D eigenvalue weighted by Gasteiger charge is -2.37. The van der Waals surface area contributed by atoms with Crippen LogP contribution in [0.1, 0.15) is 64.5 Å². The highest BCUT2D eigenvalue weighted by molar-refractivity contribution is 6.06. The number of carbonyl (C=O) groups is 2. The zero-order valence-electron chi connectivity index (χ0n) is 19.4. The minimum absolute atomic E-state index is 0.0140. The van der Waals surface area contributed by atoms with E-state index < -0.39 is 6.04 Å². The Morgan fingerprint density at radius 1 is 1.12 bits per heavy atom. The fraction of sp³-hybridized carbons (Fsp3) is 0.407. The number of anilines is 2. The molecule has 6 heteroatoms. The summed E-state index contributed by atoms with van der Waals surface area (Å²) >= 11 is 0. The summed E-state index contributed by atoms with van der Waals surface area (Å²) in [6.45, 7) is 6.49. The van der Waals surface area contributed by atoms with Crippen LogP contribution >= 0.6 is 0 Å². The Kier molecular flexibility index (Phi) is 5.39. The van der Waals surface area contributed by atoms with Crippen LogP contribution in [0.25, 0.3) is 0 Å². The van der Waals surface area contributed by atoms with Crippen molar-refractivity contribution in [3.63, 3.8) is 0 Å². The minimum atomic E-state index is -0.529. The number of carbonyl (C=O) groups excluding carboxylic acids is 2. The van der Waals surface area contributed by atoms with Crippen molar-refractivity contribution >= 4 is 23.1 Å². The van der Waals surface area contributed by atoms with E-state index in [-0.39, 0.29) is 23.9 Å². The Balaban J connectivity index is 1.74. The predicted octanol–water partition coefficient (Wildman–Crippen LogP) is 5.75. The van der Waals surface area contributed by atoms with Crippen LogP contribution in [0.3, 0.4) is 0 Å². The molecule has 33 heavy (non-hydrogen) atoms. The highest BCUT2D eigenvalue weighted by Crippen LogP contribution is 2.49. The maximum Gasteiger partial charge on any atom is 0.231 e. The molecule has 1 atom stereocenters. The quantitative estimate of drug-likeness (QED) is 0.648. The summed E-state index contributed by atoms with van der Waals surface area (Å²) in [6, 6.07) is 13.0. The number of hydrogen-bond donors (Lipinski definition) is 1. The van der Waals surface area contributed by atoms with Crippen LogP contribution in [0.4, 0.5) is 11.4 Å². The normalized spacial score (nSPS) is 20.6. The predicted molar refractivity (Wildman–Crippen MR) is 127 cm³/mol. The topological polar surface area (TPSA) is 67.9 Å². The van der Waals surface area contributed by atoms with Gasteiger partial charge in [-0.1, -0.05) is 45.4 Å². The molecule has 0 radical (unpaired) electrons. The second-order valence-corrected chi connectivity index (χ2v) is 9.86. The number of unbranched alkanes of at least 4 members (excludes halogenated alkanes) is 1. The molecule has 2 aliphatic heterocycles. The Morgan fingerprint density at radius 3 is 2.73 bits per heavy atom. The lowest BCUT2D eigenvalue weighted by atomic mass is 9.73. The van der Waals surface area contributed by atoms with Crippen molar-refractivity contribution in [3.8, 4) is 11.5 Å². The molecule has 6 nitrogen and oxygen atoms in total. The molecule has 2 aromatic carbocycles. The molecule has 1 amide bonds. The number of benzene rings is 2. The molecular formula is C27H30N2O4. The first-order valence-electron chi connectivity index (χ1n) is 11.7. The molecule has 2 heterocycles. The molecule has 3 aliphatic rings. The van der Waals surface area contributed by atoms with Gasteiger partial charge >= 0.3 is 0 Å². The number of nitrogens with zero attached hydrogens (tertiary/aromatic N) is 1. The number of para-hydroxylation sites is 2. The van der Waals surface area contributed by atoms with E-state index in [2.05, 4.69) is 26.1 Å². The van der Waals surface area contributed by atoms with E-state index in [0.29, 0.717) is 29.9 Å². The van der Waals surface area contributed by atoms with E-state index in [1.54, 1.807) is 0 Å². The van der Waals surface area contributed by atoms with Gasteiger partial charge in [-0.25, -0.2) is 0 Å². The molecule has 5 rings (SSSR count). The molecule has 0 fully saturated rings. The SMILES string of the molecule is CCCCC(=O)N1c2ccccc2NC2=C(C(=O)CC(C)(C)C2)[C@@H]1c1ccc2c(c1)OCO2. The van der Waals surface area contributed by atoms with Crippen LogP contribution in [-0.2, 0) is 9.59 Å². The van der Waals surface area contributed by atoms with Gasteiger partial charge in [0.1, 0.15) is 0 Å². The van der Waals surface area contributed by atoms with Gasteiger partial charge in [0, 0.05) is 24.1 Å². The van der Waals surface area contributed by atoms with Crippen LogP contribution < -0.4 is 19.7 Å². The third-order valence-electron chi connectivity index (χ3n) is 6.63. The van der Waals surface area contributed by atoms with Crippen molar-refractivity contribution in [1.29, 1.82) is 0 Å². The summed E-state index contributed by atoms with van der Waals surface area (Å²) in [7, 11) is 0. The Hall–Kier alpha value is -3.28. The van der Waals surface area contributed by atoms with Gasteiger partial charge in [0.2, 0.25) is 12.7 Å². The fourth-order valence-electron chi connectivity index (χ4n) is 5.11. The molecule has 1 aliphatic carbocycles. The van der Waals surface area contributed by atoms with Gasteiger partial charge in [-0.3, -0.25) is 14.5 Å². The zero-order valence-corrected chi connectivity index (χ0v) is 19.4. The molecule has 0 aromatic heterocycles. The van der Waals surface area contributed by atoms with Crippen LogP contribution in [0.15, 0.2) is 53.7 Å². The maximum absolute atomic E-state index is 13.7. The first-order chi connectivity index (χ1) is 15.9. The summed E-state index contributed by atoms with van der Waals surface area (Å²) in [4.78, 5) is 29.2. The lowest BCUT2D eigenvalue weighted by molar-refractivity contribution is -0.119. The monoisotopic (exact) mass is 446 g/mol. The standard InChI is InChI=1S/C27H30N2O4/c1-4-5-10-24(31)29-20-9-7-6-8-18(20)28-19-14-27(2,3)15-21(30)25(19)26(29)17-11-12-22-23(13-17)33-16-32-22/h6-9,11-13,26,28H,4-5,10,14-16H2,1-3H3/t26-/m0/s1. The number of nitrogens with one attached hydrogen (secondary N) is 1. The number of rotatable bonds is 4. The molecule has 0 unspecified atom stereocenters. The van der Waals surface area contributed by atoms with Crippen molar-refractivity contribution in [2.24, 2.45) is 5.41 Å². The number of amides is 1. The van der Waals surface area contributed by atoms with Crippen molar-refractivity contribution in [3.05, 3.63) is 59.3 Å².